The van der Waals surface area contributed by atoms with Crippen LogP contribution in [0.2, 0.25) is 6.04 Å². The highest BCUT2D eigenvalue weighted by Gasteiger charge is 2.41. The number of imide groups is 1. The van der Waals surface area contributed by atoms with E-state index >= 15 is 0 Å². The van der Waals surface area contributed by atoms with E-state index in [-0.39, 0.29) is 11.8 Å². The summed E-state index contributed by atoms with van der Waals surface area (Å²) >= 11 is 0. The molecule has 0 aliphatic carbocycles. The van der Waals surface area contributed by atoms with E-state index in [1.807, 2.05) is 57.2 Å². The van der Waals surface area contributed by atoms with Crippen molar-refractivity contribution in [2.45, 2.75) is 33.2 Å². The second-order valence-electron chi connectivity index (χ2n) is 6.59. The Bertz CT molecular complexity index is 797. The Kier molecular flexibility index (Phi) is 6.61. The van der Waals surface area contributed by atoms with E-state index in [2.05, 4.69) is 0 Å². The van der Waals surface area contributed by atoms with Gasteiger partial charge in [-0.15, -0.1) is 0 Å². The summed E-state index contributed by atoms with van der Waals surface area (Å²) in [5, 5.41) is 1.92. The van der Waals surface area contributed by atoms with Gasteiger partial charge in [0.05, 0.1) is 11.1 Å². The first-order valence-electron chi connectivity index (χ1n) is 9.86. The van der Waals surface area contributed by atoms with Crippen LogP contribution in [-0.2, 0) is 13.3 Å². The Morgan fingerprint density at radius 1 is 0.821 bits per heavy atom. The fourth-order valence-corrected chi connectivity index (χ4v) is 6.23. The lowest BCUT2D eigenvalue weighted by Crippen LogP contribution is -2.46. The molecule has 3 rings (SSSR count). The molecule has 1 heterocycles. The number of amides is 2. The number of benzene rings is 2. The van der Waals surface area contributed by atoms with Gasteiger partial charge in [-0.1, -0.05) is 24.3 Å². The molecule has 150 valence electrons. The van der Waals surface area contributed by atoms with Crippen LogP contribution in [0.15, 0.2) is 36.4 Å². The quantitative estimate of drug-likeness (QED) is 0.447. The zero-order chi connectivity index (χ0) is 20.1. The number of hydrogen-bond donors (Lipinski definition) is 0. The van der Waals surface area contributed by atoms with Gasteiger partial charge in [-0.2, -0.15) is 0 Å². The number of carbonyl (C=O) groups is 2. The Morgan fingerprint density at radius 2 is 1.29 bits per heavy atom. The fourth-order valence-electron chi connectivity index (χ4n) is 3.64. The van der Waals surface area contributed by atoms with E-state index in [0.29, 0.717) is 50.0 Å². The molecule has 2 aromatic rings. The van der Waals surface area contributed by atoms with Gasteiger partial charge in [0, 0.05) is 32.4 Å². The summed E-state index contributed by atoms with van der Waals surface area (Å²) in [6, 6.07) is 11.9. The fraction of sp³-hybridized carbons (Fsp3) is 0.429. The molecular weight excluding hydrogens is 374 g/mol. The van der Waals surface area contributed by atoms with Crippen LogP contribution < -0.4 is 0 Å². The predicted molar refractivity (Wildman–Crippen MR) is 109 cm³/mol. The Balaban J connectivity index is 1.73. The summed E-state index contributed by atoms with van der Waals surface area (Å²) in [5.41, 5.74) is 0.957. The van der Waals surface area contributed by atoms with Gasteiger partial charge < -0.3 is 13.3 Å². The summed E-state index contributed by atoms with van der Waals surface area (Å²) in [5.74, 6) is -0.468. The largest absolute Gasteiger partial charge is 0.500 e. The van der Waals surface area contributed by atoms with Crippen molar-refractivity contribution in [2.75, 3.05) is 26.4 Å². The lowest BCUT2D eigenvalue weighted by atomic mass is 10.0. The number of hydrogen-bond acceptors (Lipinski definition) is 5. The molecule has 0 atom stereocenters. The minimum atomic E-state index is -2.78. The van der Waals surface area contributed by atoms with Crippen LogP contribution in [0, 0.1) is 0 Å². The first kappa shape index (κ1) is 20.7. The average molecular weight is 402 g/mol. The zero-order valence-electron chi connectivity index (χ0n) is 16.7. The SMILES string of the molecule is CCO[Si](CCCN1C(=O)c2cc3ccccc3cc2C1=O)(OCC)OCC. The van der Waals surface area contributed by atoms with Crippen molar-refractivity contribution in [3.05, 3.63) is 47.5 Å². The van der Waals surface area contributed by atoms with Gasteiger partial charge in [0.25, 0.3) is 11.8 Å². The Hall–Kier alpha value is -2.06. The third kappa shape index (κ3) is 4.02. The summed E-state index contributed by atoms with van der Waals surface area (Å²) < 4.78 is 17.5. The van der Waals surface area contributed by atoms with Crippen molar-refractivity contribution >= 4 is 31.4 Å². The van der Waals surface area contributed by atoms with Crippen LogP contribution >= 0.6 is 0 Å². The highest BCUT2D eigenvalue weighted by molar-refractivity contribution is 6.60. The molecule has 0 bridgehead atoms. The van der Waals surface area contributed by atoms with Crippen molar-refractivity contribution in [1.29, 1.82) is 0 Å². The molecule has 1 aliphatic rings. The van der Waals surface area contributed by atoms with Crippen LogP contribution in [0.5, 0.6) is 0 Å². The first-order valence-corrected chi connectivity index (χ1v) is 11.8. The molecule has 0 aromatic heterocycles. The van der Waals surface area contributed by atoms with Gasteiger partial charge in [0.1, 0.15) is 0 Å². The molecule has 6 nitrogen and oxygen atoms in total. The molecule has 0 saturated carbocycles. The monoisotopic (exact) mass is 401 g/mol. The molecule has 2 aromatic carbocycles. The van der Waals surface area contributed by atoms with E-state index in [0.717, 1.165) is 10.8 Å². The van der Waals surface area contributed by atoms with E-state index < -0.39 is 8.80 Å². The number of carbonyl (C=O) groups excluding carboxylic acids is 2. The van der Waals surface area contributed by atoms with Crippen molar-refractivity contribution in [2.24, 2.45) is 0 Å². The van der Waals surface area contributed by atoms with Gasteiger partial charge in [-0.3, -0.25) is 14.5 Å². The molecule has 0 N–H and O–H groups in total. The maximum Gasteiger partial charge on any atom is 0.500 e. The standard InChI is InChI=1S/C21H27NO5Si/c1-4-25-28(26-5-2,27-6-3)13-9-12-22-20(23)18-14-16-10-7-8-11-17(16)15-19(18)21(22)24/h7-8,10-11,14-15H,4-6,9,12-13H2,1-3H3. The van der Waals surface area contributed by atoms with Crippen molar-refractivity contribution in [3.8, 4) is 0 Å². The van der Waals surface area contributed by atoms with Crippen LogP contribution in [0.4, 0.5) is 0 Å². The average Bonchev–Trinajstić information content (AvgIpc) is 2.91. The normalized spacial score (nSPS) is 14.2. The number of nitrogens with zero attached hydrogens (tertiary/aromatic N) is 1. The van der Waals surface area contributed by atoms with E-state index in [1.54, 1.807) is 0 Å². The van der Waals surface area contributed by atoms with Crippen molar-refractivity contribution in [1.82, 2.24) is 4.90 Å². The first-order chi connectivity index (χ1) is 13.5. The molecular formula is C21H27NO5Si. The molecule has 2 amide bonds. The maximum absolute atomic E-state index is 12.8. The summed E-state index contributed by atoms with van der Waals surface area (Å²) in [7, 11) is -2.78. The molecule has 0 saturated heterocycles. The molecule has 0 radical (unpaired) electrons. The minimum Gasteiger partial charge on any atom is -0.374 e. The lowest BCUT2D eigenvalue weighted by molar-refractivity contribution is 0.0612. The lowest BCUT2D eigenvalue weighted by Gasteiger charge is -2.28. The topological polar surface area (TPSA) is 65.1 Å². The molecule has 0 fully saturated rings. The van der Waals surface area contributed by atoms with Gasteiger partial charge in [0.15, 0.2) is 0 Å². The van der Waals surface area contributed by atoms with E-state index in [4.69, 9.17) is 13.3 Å². The molecule has 1 aliphatic heterocycles. The Labute approximate surface area is 166 Å². The molecule has 7 heteroatoms. The van der Waals surface area contributed by atoms with Crippen LogP contribution in [-0.4, -0.2) is 51.9 Å². The van der Waals surface area contributed by atoms with Crippen molar-refractivity contribution < 1.29 is 22.9 Å². The van der Waals surface area contributed by atoms with E-state index in [1.165, 1.54) is 4.90 Å². The van der Waals surface area contributed by atoms with Gasteiger partial charge in [-0.25, -0.2) is 0 Å². The molecule has 0 spiro atoms. The number of fused-ring (bicyclic) bond motifs is 2. The van der Waals surface area contributed by atoms with Crippen LogP contribution in [0.1, 0.15) is 47.9 Å². The van der Waals surface area contributed by atoms with E-state index in [9.17, 15) is 9.59 Å². The number of rotatable bonds is 10. The third-order valence-electron chi connectivity index (χ3n) is 4.79. The van der Waals surface area contributed by atoms with Crippen molar-refractivity contribution in [3.63, 3.8) is 0 Å². The zero-order valence-corrected chi connectivity index (χ0v) is 17.7. The van der Waals surface area contributed by atoms with Gasteiger partial charge >= 0.3 is 8.80 Å². The third-order valence-corrected chi connectivity index (χ3v) is 7.95. The van der Waals surface area contributed by atoms with Gasteiger partial charge in [0.2, 0.25) is 0 Å². The summed E-state index contributed by atoms with van der Waals surface area (Å²) in [6.45, 7) is 7.58. The van der Waals surface area contributed by atoms with Crippen LogP contribution in [0.3, 0.4) is 0 Å². The summed E-state index contributed by atoms with van der Waals surface area (Å²) in [6.07, 6.45) is 0.581. The smallest absolute Gasteiger partial charge is 0.374 e. The molecule has 0 unspecified atom stereocenters. The Morgan fingerprint density at radius 3 is 1.71 bits per heavy atom. The summed E-state index contributed by atoms with van der Waals surface area (Å²) in [4.78, 5) is 26.9. The molecule has 28 heavy (non-hydrogen) atoms. The second-order valence-corrected chi connectivity index (χ2v) is 9.32. The van der Waals surface area contributed by atoms with Gasteiger partial charge in [-0.05, 0) is 50.1 Å². The highest BCUT2D eigenvalue weighted by Crippen LogP contribution is 2.29. The second kappa shape index (κ2) is 8.96. The predicted octanol–water partition coefficient (Wildman–Crippen LogP) is 3.87. The highest BCUT2D eigenvalue weighted by atomic mass is 28.4. The minimum absolute atomic E-state index is 0.234. The van der Waals surface area contributed by atoms with Crippen LogP contribution in [0.25, 0.3) is 10.8 Å². The maximum atomic E-state index is 12.8.